The number of nitrogens with zero attached hydrogens (tertiary/aromatic N) is 2. The topological polar surface area (TPSA) is 79.4 Å². The fraction of sp³-hybridized carbons (Fsp3) is 0.294. The zero-order valence-electron chi connectivity index (χ0n) is 13.8. The number of carbonyl (C=O) groups excluding carboxylic acids is 1. The summed E-state index contributed by atoms with van der Waals surface area (Å²) in [6.45, 7) is 4.15. The quantitative estimate of drug-likeness (QED) is 0.833. The molecule has 6 nitrogen and oxygen atoms in total. The number of amides is 1. The molecule has 2 aromatic rings. The molecule has 128 valence electrons. The van der Waals surface area contributed by atoms with Crippen molar-refractivity contribution in [2.75, 3.05) is 16.6 Å². The fourth-order valence-corrected chi connectivity index (χ4v) is 3.41. The summed E-state index contributed by atoms with van der Waals surface area (Å²) in [5.74, 6) is -0.172. The van der Waals surface area contributed by atoms with E-state index in [1.807, 2.05) is 12.1 Å². The number of sulfonamides is 1. The van der Waals surface area contributed by atoms with Crippen LogP contribution in [-0.4, -0.2) is 31.6 Å². The predicted octanol–water partition coefficient (Wildman–Crippen LogP) is 2.19. The minimum Gasteiger partial charge on any atom is -0.348 e. The molecule has 0 radical (unpaired) electrons. The highest BCUT2D eigenvalue weighted by Crippen LogP contribution is 2.19. The van der Waals surface area contributed by atoms with E-state index in [0.717, 1.165) is 5.56 Å². The van der Waals surface area contributed by atoms with E-state index in [1.165, 1.54) is 4.31 Å². The predicted molar refractivity (Wildman–Crippen MR) is 94.3 cm³/mol. The van der Waals surface area contributed by atoms with Gasteiger partial charge in [0, 0.05) is 31.0 Å². The van der Waals surface area contributed by atoms with Crippen LogP contribution in [0.3, 0.4) is 0 Å². The van der Waals surface area contributed by atoms with Crippen LogP contribution in [0.5, 0.6) is 0 Å². The SMILES string of the molecule is CCN(c1ccc(C(=O)NCc2ccncc2)cc1)S(=O)(=O)CC. The van der Waals surface area contributed by atoms with Gasteiger partial charge in [-0.15, -0.1) is 0 Å². The van der Waals surface area contributed by atoms with Crippen molar-refractivity contribution in [3.8, 4) is 0 Å². The molecule has 0 spiro atoms. The number of carbonyl (C=O) groups is 1. The largest absolute Gasteiger partial charge is 0.348 e. The minimum absolute atomic E-state index is 0.0367. The molecule has 0 aliphatic rings. The molecule has 0 bridgehead atoms. The number of anilines is 1. The van der Waals surface area contributed by atoms with Crippen LogP contribution in [0.4, 0.5) is 5.69 Å². The molecule has 0 atom stereocenters. The molecule has 1 N–H and O–H groups in total. The van der Waals surface area contributed by atoms with Crippen LogP contribution in [0.1, 0.15) is 29.8 Å². The number of aromatic nitrogens is 1. The third kappa shape index (κ3) is 4.32. The second-order valence-corrected chi connectivity index (χ2v) is 7.33. The molecule has 24 heavy (non-hydrogen) atoms. The Morgan fingerprint density at radius 1 is 1.08 bits per heavy atom. The van der Waals surface area contributed by atoms with E-state index in [2.05, 4.69) is 10.3 Å². The number of pyridine rings is 1. The van der Waals surface area contributed by atoms with Gasteiger partial charge >= 0.3 is 0 Å². The Kier molecular flexibility index (Phi) is 5.92. The molecule has 0 unspecified atom stereocenters. The molecule has 0 saturated heterocycles. The molecular weight excluding hydrogens is 326 g/mol. The zero-order valence-corrected chi connectivity index (χ0v) is 14.6. The summed E-state index contributed by atoms with van der Waals surface area (Å²) in [7, 11) is -3.32. The first-order valence-electron chi connectivity index (χ1n) is 7.75. The van der Waals surface area contributed by atoms with Crippen LogP contribution < -0.4 is 9.62 Å². The first-order valence-corrected chi connectivity index (χ1v) is 9.36. The summed E-state index contributed by atoms with van der Waals surface area (Å²) >= 11 is 0. The van der Waals surface area contributed by atoms with E-state index >= 15 is 0 Å². The third-order valence-electron chi connectivity index (χ3n) is 3.61. The Balaban J connectivity index is 2.07. The Morgan fingerprint density at radius 3 is 2.25 bits per heavy atom. The minimum atomic E-state index is -3.32. The van der Waals surface area contributed by atoms with Crippen molar-refractivity contribution >= 4 is 21.6 Å². The fourth-order valence-electron chi connectivity index (χ4n) is 2.26. The molecule has 0 fully saturated rings. The Hall–Kier alpha value is -2.41. The number of benzene rings is 1. The number of nitrogens with one attached hydrogen (secondary N) is 1. The third-order valence-corrected chi connectivity index (χ3v) is 5.48. The maximum absolute atomic E-state index is 12.2. The molecule has 1 aromatic carbocycles. The van der Waals surface area contributed by atoms with Crippen molar-refractivity contribution in [1.29, 1.82) is 0 Å². The lowest BCUT2D eigenvalue weighted by Crippen LogP contribution is -2.32. The van der Waals surface area contributed by atoms with Gasteiger partial charge in [0.25, 0.3) is 5.91 Å². The average molecular weight is 347 g/mol. The molecule has 1 aromatic heterocycles. The van der Waals surface area contributed by atoms with Crippen LogP contribution in [0, 0.1) is 0 Å². The first kappa shape index (κ1) is 17.9. The van der Waals surface area contributed by atoms with Crippen LogP contribution in [0.2, 0.25) is 0 Å². The highest BCUT2D eigenvalue weighted by molar-refractivity contribution is 7.92. The molecule has 7 heteroatoms. The normalized spacial score (nSPS) is 11.1. The van der Waals surface area contributed by atoms with Crippen molar-refractivity contribution in [3.63, 3.8) is 0 Å². The summed E-state index contributed by atoms with van der Waals surface area (Å²) in [4.78, 5) is 16.1. The Bertz CT molecular complexity index is 774. The number of hydrogen-bond acceptors (Lipinski definition) is 4. The van der Waals surface area contributed by atoms with Crippen molar-refractivity contribution in [1.82, 2.24) is 10.3 Å². The summed E-state index contributed by atoms with van der Waals surface area (Å²) in [6, 6.07) is 10.2. The maximum atomic E-state index is 12.2. The van der Waals surface area contributed by atoms with E-state index < -0.39 is 10.0 Å². The summed E-state index contributed by atoms with van der Waals surface area (Å²) in [6.07, 6.45) is 3.34. The van der Waals surface area contributed by atoms with Gasteiger partial charge in [-0.05, 0) is 55.8 Å². The molecule has 2 rings (SSSR count). The summed E-state index contributed by atoms with van der Waals surface area (Å²) in [5.41, 5.74) is 2.00. The average Bonchev–Trinajstić information content (AvgIpc) is 2.61. The van der Waals surface area contributed by atoms with Crippen LogP contribution in [0.25, 0.3) is 0 Å². The van der Waals surface area contributed by atoms with Gasteiger partial charge in [-0.2, -0.15) is 0 Å². The first-order chi connectivity index (χ1) is 11.5. The lowest BCUT2D eigenvalue weighted by atomic mass is 10.2. The van der Waals surface area contributed by atoms with Crippen molar-refractivity contribution in [2.45, 2.75) is 20.4 Å². The Labute approximate surface area is 142 Å². The highest BCUT2D eigenvalue weighted by Gasteiger charge is 2.18. The van der Waals surface area contributed by atoms with E-state index in [4.69, 9.17) is 0 Å². The molecule has 1 heterocycles. The summed E-state index contributed by atoms with van der Waals surface area (Å²) < 4.78 is 25.4. The lowest BCUT2D eigenvalue weighted by molar-refractivity contribution is 0.0951. The van der Waals surface area contributed by atoms with E-state index in [-0.39, 0.29) is 11.7 Å². The maximum Gasteiger partial charge on any atom is 0.251 e. The van der Waals surface area contributed by atoms with Crippen LogP contribution in [0.15, 0.2) is 48.8 Å². The van der Waals surface area contributed by atoms with Crippen LogP contribution >= 0.6 is 0 Å². The van der Waals surface area contributed by atoms with E-state index in [9.17, 15) is 13.2 Å². The second-order valence-electron chi connectivity index (χ2n) is 5.15. The number of hydrogen-bond donors (Lipinski definition) is 1. The number of rotatable bonds is 7. The van der Waals surface area contributed by atoms with Gasteiger partial charge in [-0.3, -0.25) is 14.1 Å². The standard InChI is InChI=1S/C17H21N3O3S/c1-3-20(24(22,23)4-2)16-7-5-15(6-8-16)17(21)19-13-14-9-11-18-12-10-14/h5-12H,3-4,13H2,1-2H3,(H,19,21). The van der Waals surface area contributed by atoms with E-state index in [0.29, 0.717) is 24.3 Å². The van der Waals surface area contributed by atoms with Gasteiger partial charge in [0.2, 0.25) is 10.0 Å². The van der Waals surface area contributed by atoms with Gasteiger partial charge in [-0.1, -0.05) is 0 Å². The highest BCUT2D eigenvalue weighted by atomic mass is 32.2. The molecule has 0 saturated carbocycles. The molecule has 1 amide bonds. The smallest absolute Gasteiger partial charge is 0.251 e. The van der Waals surface area contributed by atoms with Crippen LogP contribution in [-0.2, 0) is 16.6 Å². The van der Waals surface area contributed by atoms with Crippen molar-refractivity contribution < 1.29 is 13.2 Å². The second kappa shape index (κ2) is 7.92. The monoisotopic (exact) mass is 347 g/mol. The van der Waals surface area contributed by atoms with Gasteiger partial charge in [-0.25, -0.2) is 8.42 Å². The van der Waals surface area contributed by atoms with Crippen molar-refractivity contribution in [3.05, 3.63) is 59.9 Å². The molecular formula is C17H21N3O3S. The van der Waals surface area contributed by atoms with Gasteiger partial charge in [0.1, 0.15) is 0 Å². The summed E-state index contributed by atoms with van der Waals surface area (Å²) in [5, 5.41) is 2.82. The lowest BCUT2D eigenvalue weighted by Gasteiger charge is -2.22. The molecule has 0 aliphatic carbocycles. The van der Waals surface area contributed by atoms with Gasteiger partial charge in [0.15, 0.2) is 0 Å². The van der Waals surface area contributed by atoms with Gasteiger partial charge < -0.3 is 5.32 Å². The molecule has 0 aliphatic heterocycles. The van der Waals surface area contributed by atoms with E-state index in [1.54, 1.807) is 50.5 Å². The van der Waals surface area contributed by atoms with Crippen molar-refractivity contribution in [2.24, 2.45) is 0 Å². The Morgan fingerprint density at radius 2 is 1.71 bits per heavy atom. The zero-order chi connectivity index (χ0) is 17.6. The van der Waals surface area contributed by atoms with Gasteiger partial charge in [0.05, 0.1) is 11.4 Å².